The molecule has 2 aliphatic rings. The molecule has 0 heterocycles. The highest BCUT2D eigenvalue weighted by Crippen LogP contribution is 2.57. The van der Waals surface area contributed by atoms with Crippen molar-refractivity contribution in [1.82, 2.24) is 0 Å². The lowest BCUT2D eigenvalue weighted by atomic mass is 9.67. The predicted molar refractivity (Wildman–Crippen MR) is 201 cm³/mol. The molecule has 1 nitrogen and oxygen atoms in total. The van der Waals surface area contributed by atoms with Crippen molar-refractivity contribution < 1.29 is 13.2 Å². The normalized spacial score (nSPS) is 14.7. The molecule has 2 aliphatic carbocycles. The minimum atomic E-state index is -4.43. The summed E-state index contributed by atoms with van der Waals surface area (Å²) in [5, 5.41) is 0. The van der Waals surface area contributed by atoms with Crippen molar-refractivity contribution in [2.75, 3.05) is 4.90 Å². The molecule has 4 heteroatoms. The lowest BCUT2D eigenvalue weighted by Crippen LogP contribution is -2.28. The second kappa shape index (κ2) is 11.3. The average Bonchev–Trinajstić information content (AvgIpc) is 3.58. The first-order valence-corrected chi connectivity index (χ1v) is 17.3. The van der Waals surface area contributed by atoms with E-state index < -0.39 is 17.2 Å². The summed E-state index contributed by atoms with van der Waals surface area (Å²) in [6.07, 6.45) is -4.43. The molecule has 0 aliphatic heterocycles. The maximum absolute atomic E-state index is 13.8. The Labute approximate surface area is 296 Å². The van der Waals surface area contributed by atoms with Crippen molar-refractivity contribution in [2.45, 2.75) is 30.9 Å². The van der Waals surface area contributed by atoms with Gasteiger partial charge in [-0.3, -0.25) is 0 Å². The molecule has 0 saturated heterocycles. The number of anilines is 3. The van der Waals surface area contributed by atoms with Crippen LogP contribution in [0.1, 0.15) is 52.8 Å². The molecule has 7 aromatic carbocycles. The highest BCUT2D eigenvalue weighted by Gasteiger charge is 2.46. The molecule has 7 aromatic rings. The molecule has 0 radical (unpaired) electrons. The minimum Gasteiger partial charge on any atom is -0.310 e. The topological polar surface area (TPSA) is 3.24 Å². The summed E-state index contributed by atoms with van der Waals surface area (Å²) in [7, 11) is 0. The van der Waals surface area contributed by atoms with Crippen LogP contribution in [0.3, 0.4) is 0 Å². The fourth-order valence-electron chi connectivity index (χ4n) is 8.65. The molecule has 248 valence electrons. The minimum absolute atomic E-state index is 0.247. The molecule has 9 rings (SSSR count). The van der Waals surface area contributed by atoms with E-state index in [0.29, 0.717) is 5.69 Å². The highest BCUT2D eigenvalue weighted by molar-refractivity contribution is 5.90. The Kier molecular flexibility index (Phi) is 6.92. The van der Waals surface area contributed by atoms with Gasteiger partial charge in [0, 0.05) is 22.5 Å². The van der Waals surface area contributed by atoms with Crippen LogP contribution in [0.4, 0.5) is 30.2 Å². The van der Waals surface area contributed by atoms with Crippen LogP contribution < -0.4 is 4.90 Å². The first-order valence-electron chi connectivity index (χ1n) is 17.3. The van der Waals surface area contributed by atoms with Crippen LogP contribution in [0.15, 0.2) is 170 Å². The summed E-state index contributed by atoms with van der Waals surface area (Å²) in [5.41, 5.74) is 12.7. The number of alkyl halides is 3. The quantitative estimate of drug-likeness (QED) is 0.176. The number of nitrogens with zero attached hydrogens (tertiary/aromatic N) is 1. The Morgan fingerprint density at radius 2 is 0.843 bits per heavy atom. The average molecular weight is 670 g/mol. The van der Waals surface area contributed by atoms with Gasteiger partial charge in [0.2, 0.25) is 0 Å². The van der Waals surface area contributed by atoms with Crippen molar-refractivity contribution in [3.8, 4) is 22.3 Å². The van der Waals surface area contributed by atoms with Crippen molar-refractivity contribution in [1.29, 1.82) is 0 Å². The van der Waals surface area contributed by atoms with Gasteiger partial charge in [-0.25, -0.2) is 0 Å². The smallest absolute Gasteiger partial charge is 0.310 e. The summed E-state index contributed by atoms with van der Waals surface area (Å²) in [4.78, 5) is 2.10. The van der Waals surface area contributed by atoms with Crippen molar-refractivity contribution >= 4 is 17.1 Å². The van der Waals surface area contributed by atoms with Gasteiger partial charge in [-0.2, -0.15) is 13.2 Å². The van der Waals surface area contributed by atoms with E-state index in [4.69, 9.17) is 0 Å². The third-order valence-electron chi connectivity index (χ3n) is 11.0. The van der Waals surface area contributed by atoms with Gasteiger partial charge in [-0.15, -0.1) is 0 Å². The van der Waals surface area contributed by atoms with Crippen LogP contribution in [-0.2, 0) is 17.0 Å². The van der Waals surface area contributed by atoms with Crippen LogP contribution in [0.5, 0.6) is 0 Å². The predicted octanol–water partition coefficient (Wildman–Crippen LogP) is 12.8. The van der Waals surface area contributed by atoms with Crippen molar-refractivity contribution in [3.63, 3.8) is 0 Å². The van der Waals surface area contributed by atoms with E-state index in [1.54, 1.807) is 12.1 Å². The van der Waals surface area contributed by atoms with E-state index >= 15 is 0 Å². The number of fused-ring (bicyclic) bond motifs is 6. The molecule has 51 heavy (non-hydrogen) atoms. The number of hydrogen-bond donors (Lipinski definition) is 0. The second-order valence-electron chi connectivity index (χ2n) is 14.0. The number of benzene rings is 7. The first kappa shape index (κ1) is 31.1. The standard InChI is InChI=1S/C47H34F3N/c1-45(2)41-19-11-9-17-37(41)39-27-25-35(29-43(39)45)51(34-23-21-33(22-24-34)47(48,49)50)36-26-28-40-38-18-10-12-20-42(38)46(44(40)30-36,31-13-5-3-6-14-31)32-15-7-4-8-16-32/h3-30H,1-2H3. The number of halogens is 3. The molecular weight excluding hydrogens is 636 g/mol. The van der Waals surface area contributed by atoms with E-state index in [-0.39, 0.29) is 5.41 Å². The Balaban J connectivity index is 1.30. The third kappa shape index (κ3) is 4.63. The molecular formula is C47H34F3N. The zero-order chi connectivity index (χ0) is 35.0. The van der Waals surface area contributed by atoms with Gasteiger partial charge < -0.3 is 4.90 Å². The number of rotatable bonds is 5. The van der Waals surface area contributed by atoms with Crippen LogP contribution in [0.25, 0.3) is 22.3 Å². The van der Waals surface area contributed by atoms with E-state index in [1.165, 1.54) is 45.5 Å². The summed E-state index contributed by atoms with van der Waals surface area (Å²) in [6.45, 7) is 4.48. The Morgan fingerprint density at radius 1 is 0.412 bits per heavy atom. The zero-order valence-electron chi connectivity index (χ0n) is 28.2. The van der Waals surface area contributed by atoms with Gasteiger partial charge in [-0.1, -0.05) is 135 Å². The van der Waals surface area contributed by atoms with E-state index in [1.807, 2.05) is 12.1 Å². The molecule has 0 fully saturated rings. The Hall–Kier alpha value is -5.87. The van der Waals surface area contributed by atoms with Crippen molar-refractivity contribution in [2.24, 2.45) is 0 Å². The van der Waals surface area contributed by atoms with E-state index in [9.17, 15) is 13.2 Å². The van der Waals surface area contributed by atoms with E-state index in [2.05, 4.69) is 152 Å². The third-order valence-corrected chi connectivity index (χ3v) is 11.0. The molecule has 0 amide bonds. The fraction of sp³-hybridized carbons (Fsp3) is 0.106. The zero-order valence-corrected chi connectivity index (χ0v) is 28.2. The molecule has 0 atom stereocenters. The number of hydrogen-bond acceptors (Lipinski definition) is 1. The first-order chi connectivity index (χ1) is 24.7. The SMILES string of the molecule is CC1(C)c2ccccc2-c2ccc(N(c3ccc(C(F)(F)F)cc3)c3ccc4c(c3)C(c3ccccc3)(c3ccccc3)c3ccccc3-4)cc21. The van der Waals surface area contributed by atoms with Crippen molar-refractivity contribution in [3.05, 3.63) is 209 Å². The van der Waals surface area contributed by atoms with Gasteiger partial charge in [0.1, 0.15) is 0 Å². The van der Waals surface area contributed by atoms with Gasteiger partial charge in [-0.05, 0) is 104 Å². The second-order valence-corrected chi connectivity index (χ2v) is 14.0. The molecule has 0 spiro atoms. The Bertz CT molecular complexity index is 2390. The lowest BCUT2D eigenvalue weighted by Gasteiger charge is -2.35. The molecule has 0 N–H and O–H groups in total. The van der Waals surface area contributed by atoms with Gasteiger partial charge >= 0.3 is 6.18 Å². The molecule has 0 bridgehead atoms. The molecule has 0 saturated carbocycles. The summed E-state index contributed by atoms with van der Waals surface area (Å²) in [5.74, 6) is 0. The monoisotopic (exact) mass is 669 g/mol. The van der Waals surface area contributed by atoms with E-state index in [0.717, 1.165) is 33.6 Å². The van der Waals surface area contributed by atoms with Gasteiger partial charge in [0.15, 0.2) is 0 Å². The molecule has 0 unspecified atom stereocenters. The maximum Gasteiger partial charge on any atom is 0.416 e. The summed E-state index contributed by atoms with van der Waals surface area (Å²) >= 11 is 0. The van der Waals surface area contributed by atoms with Crippen LogP contribution in [-0.4, -0.2) is 0 Å². The van der Waals surface area contributed by atoms with Crippen LogP contribution in [0, 0.1) is 0 Å². The van der Waals surface area contributed by atoms with Crippen LogP contribution >= 0.6 is 0 Å². The maximum atomic E-state index is 13.8. The highest BCUT2D eigenvalue weighted by atomic mass is 19.4. The van der Waals surface area contributed by atoms with Crippen LogP contribution in [0.2, 0.25) is 0 Å². The van der Waals surface area contributed by atoms with Gasteiger partial charge in [0.25, 0.3) is 0 Å². The summed E-state index contributed by atoms with van der Waals surface area (Å²) in [6, 6.07) is 56.8. The molecule has 0 aromatic heterocycles. The largest absolute Gasteiger partial charge is 0.416 e. The summed E-state index contributed by atoms with van der Waals surface area (Å²) < 4.78 is 41.4. The fourth-order valence-corrected chi connectivity index (χ4v) is 8.65. The van der Waals surface area contributed by atoms with Gasteiger partial charge in [0.05, 0.1) is 11.0 Å². The lowest BCUT2D eigenvalue weighted by molar-refractivity contribution is -0.137. The Morgan fingerprint density at radius 3 is 1.41 bits per heavy atom.